The Balaban J connectivity index is 1.67. The highest BCUT2D eigenvalue weighted by Gasteiger charge is 2.34. The van der Waals surface area contributed by atoms with Gasteiger partial charge in [0.2, 0.25) is 0 Å². The number of amides is 1. The highest BCUT2D eigenvalue weighted by molar-refractivity contribution is 5.99. The van der Waals surface area contributed by atoms with Crippen molar-refractivity contribution < 1.29 is 4.79 Å². The molecule has 3 aromatic carbocycles. The molecule has 1 amide bonds. The first-order valence-electron chi connectivity index (χ1n) is 11.4. The number of carbonyl (C=O) groups is 1. The maximum absolute atomic E-state index is 13.7. The lowest BCUT2D eigenvalue weighted by Crippen LogP contribution is -2.43. The predicted molar refractivity (Wildman–Crippen MR) is 133 cm³/mol. The van der Waals surface area contributed by atoms with Gasteiger partial charge in [0, 0.05) is 22.7 Å². The molecule has 0 radical (unpaired) electrons. The molecule has 4 aromatic rings. The Bertz CT molecular complexity index is 1450. The molecule has 0 unspecified atom stereocenters. The van der Waals surface area contributed by atoms with Gasteiger partial charge in [0.25, 0.3) is 11.5 Å². The first kappa shape index (κ1) is 21.1. The fourth-order valence-electron chi connectivity index (χ4n) is 4.87. The molecule has 1 aliphatic heterocycles. The van der Waals surface area contributed by atoms with Gasteiger partial charge in [-0.2, -0.15) is 5.10 Å². The third-order valence-corrected chi connectivity index (χ3v) is 6.65. The molecule has 1 aliphatic rings. The number of carbonyl (C=O) groups excluding carboxylic acids is 1. The van der Waals surface area contributed by atoms with E-state index in [0.29, 0.717) is 5.39 Å². The standard InChI is InChI=1S/C28H27N3O2/c1-17-13-14-18(2)24(15-17)26-22-10-6-7-11-23(22)28(33)31(29-26)20(4)27(32)30-19(3)16-21-9-5-8-12-25(21)30/h5-15,19-20H,16H2,1-4H3/t19-,20-/m0/s1. The van der Waals surface area contributed by atoms with Crippen LogP contribution >= 0.6 is 0 Å². The van der Waals surface area contributed by atoms with E-state index in [1.807, 2.05) is 68.1 Å². The van der Waals surface area contributed by atoms with Gasteiger partial charge in [-0.05, 0) is 63.4 Å². The zero-order valence-corrected chi connectivity index (χ0v) is 19.4. The Morgan fingerprint density at radius 2 is 1.70 bits per heavy atom. The lowest BCUT2D eigenvalue weighted by molar-refractivity contribution is -0.121. The van der Waals surface area contributed by atoms with E-state index in [1.165, 1.54) is 4.68 Å². The molecule has 1 aromatic heterocycles. The Hall–Kier alpha value is -3.73. The van der Waals surface area contributed by atoms with Crippen LogP contribution in [0.25, 0.3) is 22.0 Å². The summed E-state index contributed by atoms with van der Waals surface area (Å²) in [5.41, 5.74) is 5.71. The second kappa shape index (κ2) is 8.00. The number of aryl methyl sites for hydroxylation is 2. The van der Waals surface area contributed by atoms with Crippen molar-refractivity contribution in [3.63, 3.8) is 0 Å². The van der Waals surface area contributed by atoms with Gasteiger partial charge in [0.1, 0.15) is 6.04 Å². The summed E-state index contributed by atoms with van der Waals surface area (Å²) in [6.45, 7) is 7.90. The summed E-state index contributed by atoms with van der Waals surface area (Å²) in [7, 11) is 0. The van der Waals surface area contributed by atoms with Gasteiger partial charge in [0.15, 0.2) is 0 Å². The van der Waals surface area contributed by atoms with Crippen LogP contribution < -0.4 is 10.5 Å². The zero-order valence-electron chi connectivity index (χ0n) is 19.4. The maximum Gasteiger partial charge on any atom is 0.275 e. The van der Waals surface area contributed by atoms with Crippen molar-refractivity contribution in [2.45, 2.75) is 46.2 Å². The average molecular weight is 438 g/mol. The van der Waals surface area contributed by atoms with Gasteiger partial charge >= 0.3 is 0 Å². The zero-order chi connectivity index (χ0) is 23.3. The monoisotopic (exact) mass is 437 g/mol. The normalized spacial score (nSPS) is 16.1. The average Bonchev–Trinajstić information content (AvgIpc) is 3.16. The third kappa shape index (κ3) is 3.44. The summed E-state index contributed by atoms with van der Waals surface area (Å²) >= 11 is 0. The van der Waals surface area contributed by atoms with Gasteiger partial charge in [0.05, 0.1) is 11.1 Å². The molecule has 0 aliphatic carbocycles. The summed E-state index contributed by atoms with van der Waals surface area (Å²) in [5.74, 6) is -0.121. The van der Waals surface area contributed by atoms with Gasteiger partial charge < -0.3 is 4.90 Å². The molecule has 2 heterocycles. The summed E-state index contributed by atoms with van der Waals surface area (Å²) in [6.07, 6.45) is 0.808. The van der Waals surface area contributed by atoms with E-state index in [2.05, 4.69) is 24.3 Å². The minimum atomic E-state index is -0.737. The lowest BCUT2D eigenvalue weighted by Gasteiger charge is -2.27. The Morgan fingerprint density at radius 1 is 1.00 bits per heavy atom. The molecular weight excluding hydrogens is 410 g/mol. The summed E-state index contributed by atoms with van der Waals surface area (Å²) in [4.78, 5) is 29.0. The maximum atomic E-state index is 13.7. The highest BCUT2D eigenvalue weighted by atomic mass is 16.2. The highest BCUT2D eigenvalue weighted by Crippen LogP contribution is 2.34. The topological polar surface area (TPSA) is 55.2 Å². The van der Waals surface area contributed by atoms with Crippen LogP contribution in [0.1, 0.15) is 36.6 Å². The second-order valence-corrected chi connectivity index (χ2v) is 9.03. The fraction of sp³-hybridized carbons (Fsp3) is 0.250. The number of benzene rings is 3. The van der Waals surface area contributed by atoms with Crippen LogP contribution in [0.3, 0.4) is 0 Å². The molecule has 166 valence electrons. The van der Waals surface area contributed by atoms with Crippen molar-refractivity contribution in [3.8, 4) is 11.3 Å². The lowest BCUT2D eigenvalue weighted by atomic mass is 9.99. The number of anilines is 1. The predicted octanol–water partition coefficient (Wildman–Crippen LogP) is 5.22. The minimum absolute atomic E-state index is 0.0343. The molecule has 0 spiro atoms. The largest absolute Gasteiger partial charge is 0.307 e. The van der Waals surface area contributed by atoms with Crippen LogP contribution in [0.15, 0.2) is 71.5 Å². The molecule has 2 atom stereocenters. The van der Waals surface area contributed by atoms with E-state index in [9.17, 15) is 9.59 Å². The SMILES string of the molecule is Cc1ccc(C)c(-c2nn([C@@H](C)C(=O)N3c4ccccc4C[C@@H]3C)c(=O)c3ccccc23)c1. The van der Waals surface area contributed by atoms with Crippen LogP contribution in [0.2, 0.25) is 0 Å². The molecule has 0 bridgehead atoms. The Labute approximate surface area is 193 Å². The Kier molecular flexibility index (Phi) is 5.12. The summed E-state index contributed by atoms with van der Waals surface area (Å²) in [6, 6.07) is 21.0. The van der Waals surface area contributed by atoms with Crippen LogP contribution in [-0.2, 0) is 11.2 Å². The van der Waals surface area contributed by atoms with Crippen LogP contribution in [0, 0.1) is 13.8 Å². The fourth-order valence-corrected chi connectivity index (χ4v) is 4.87. The third-order valence-electron chi connectivity index (χ3n) is 6.65. The quantitative estimate of drug-likeness (QED) is 0.442. The van der Waals surface area contributed by atoms with Crippen LogP contribution in [0.5, 0.6) is 0 Å². The van der Waals surface area contributed by atoms with E-state index in [4.69, 9.17) is 5.10 Å². The molecular formula is C28H27N3O2. The molecule has 0 fully saturated rings. The molecule has 5 rings (SSSR count). The number of nitrogens with zero attached hydrogens (tertiary/aromatic N) is 3. The van der Waals surface area contributed by atoms with Crippen molar-refractivity contribution in [2.24, 2.45) is 0 Å². The van der Waals surface area contributed by atoms with Crippen molar-refractivity contribution in [3.05, 3.63) is 93.8 Å². The number of rotatable bonds is 3. The van der Waals surface area contributed by atoms with E-state index in [-0.39, 0.29) is 17.5 Å². The van der Waals surface area contributed by atoms with Gasteiger partial charge in [-0.1, -0.05) is 54.1 Å². The number of hydrogen-bond acceptors (Lipinski definition) is 3. The van der Waals surface area contributed by atoms with E-state index < -0.39 is 6.04 Å². The van der Waals surface area contributed by atoms with Gasteiger partial charge in [-0.25, -0.2) is 4.68 Å². The molecule has 33 heavy (non-hydrogen) atoms. The molecule has 5 heteroatoms. The number of aromatic nitrogens is 2. The smallest absolute Gasteiger partial charge is 0.275 e. The molecule has 0 saturated heterocycles. The molecule has 5 nitrogen and oxygen atoms in total. The first-order chi connectivity index (χ1) is 15.9. The van der Waals surface area contributed by atoms with Gasteiger partial charge in [-0.15, -0.1) is 0 Å². The number of para-hydroxylation sites is 1. The van der Waals surface area contributed by atoms with Crippen molar-refractivity contribution in [1.29, 1.82) is 0 Å². The van der Waals surface area contributed by atoms with Crippen LogP contribution in [0.4, 0.5) is 5.69 Å². The van der Waals surface area contributed by atoms with E-state index >= 15 is 0 Å². The van der Waals surface area contributed by atoms with E-state index in [0.717, 1.165) is 45.4 Å². The van der Waals surface area contributed by atoms with Gasteiger partial charge in [-0.3, -0.25) is 9.59 Å². The van der Waals surface area contributed by atoms with Crippen molar-refractivity contribution in [1.82, 2.24) is 9.78 Å². The summed E-state index contributed by atoms with van der Waals surface area (Å²) < 4.78 is 1.37. The summed E-state index contributed by atoms with van der Waals surface area (Å²) in [5, 5.41) is 6.17. The van der Waals surface area contributed by atoms with Crippen molar-refractivity contribution >= 4 is 22.4 Å². The van der Waals surface area contributed by atoms with Crippen molar-refractivity contribution in [2.75, 3.05) is 4.90 Å². The number of hydrogen-bond donors (Lipinski definition) is 0. The Morgan fingerprint density at radius 3 is 2.48 bits per heavy atom. The van der Waals surface area contributed by atoms with Crippen LogP contribution in [-0.4, -0.2) is 21.7 Å². The molecule has 0 N–H and O–H groups in total. The first-order valence-corrected chi connectivity index (χ1v) is 11.4. The minimum Gasteiger partial charge on any atom is -0.307 e. The number of fused-ring (bicyclic) bond motifs is 2. The second-order valence-electron chi connectivity index (χ2n) is 9.03. The van der Waals surface area contributed by atoms with E-state index in [1.54, 1.807) is 6.92 Å². The molecule has 0 saturated carbocycles.